The molecule has 3 aromatic rings. The van der Waals surface area contributed by atoms with Gasteiger partial charge < -0.3 is 14.8 Å². The van der Waals surface area contributed by atoms with Crippen LogP contribution in [0.5, 0.6) is 11.5 Å². The fourth-order valence-corrected chi connectivity index (χ4v) is 3.68. The van der Waals surface area contributed by atoms with Crippen molar-refractivity contribution in [2.45, 2.75) is 31.7 Å². The molecule has 0 saturated carbocycles. The number of nitrogens with one attached hydrogen (secondary N) is 1. The lowest BCUT2D eigenvalue weighted by molar-refractivity contribution is -0.121. The number of carbonyl (C=O) groups excluding carboxylic acids is 1. The Balaban J connectivity index is 1.43. The number of hydrogen-bond donors (Lipinski definition) is 1. The van der Waals surface area contributed by atoms with Crippen LogP contribution in [0, 0.1) is 0 Å². The van der Waals surface area contributed by atoms with Crippen molar-refractivity contribution >= 4 is 23.2 Å². The van der Waals surface area contributed by atoms with E-state index >= 15 is 0 Å². The summed E-state index contributed by atoms with van der Waals surface area (Å²) >= 11 is 5.93. The van der Waals surface area contributed by atoms with Crippen molar-refractivity contribution in [3.63, 3.8) is 0 Å². The average molecular weight is 402 g/mol. The zero-order valence-corrected chi connectivity index (χ0v) is 16.4. The number of nitrogens with zero attached hydrogens (tertiary/aromatic N) is 4. The summed E-state index contributed by atoms with van der Waals surface area (Å²) in [7, 11) is 3.23. The number of benzene rings is 1. The summed E-state index contributed by atoms with van der Waals surface area (Å²) in [6, 6.07) is 7.29. The van der Waals surface area contributed by atoms with Gasteiger partial charge in [-0.15, -0.1) is 10.2 Å². The Kier molecular flexibility index (Phi) is 5.04. The largest absolute Gasteiger partial charge is 0.493 e. The van der Waals surface area contributed by atoms with E-state index in [2.05, 4.69) is 20.6 Å². The van der Waals surface area contributed by atoms with Crippen LogP contribution in [0.4, 0.5) is 0 Å². The maximum absolute atomic E-state index is 12.5. The minimum Gasteiger partial charge on any atom is -0.493 e. The first-order valence-corrected chi connectivity index (χ1v) is 9.38. The van der Waals surface area contributed by atoms with Crippen LogP contribution >= 0.6 is 11.6 Å². The molecule has 1 aromatic carbocycles. The van der Waals surface area contributed by atoms with E-state index in [0.29, 0.717) is 34.5 Å². The number of carbonyl (C=O) groups is 1. The SMILES string of the molecule is COc1cc2c(cc1OC)C(NC(=O)CCc1nnc3ccc(Cl)nn13)CC2. The molecular formula is C19H20ClN5O3. The second-order valence-electron chi connectivity index (χ2n) is 6.61. The van der Waals surface area contributed by atoms with Crippen LogP contribution in [-0.4, -0.2) is 39.9 Å². The van der Waals surface area contributed by atoms with E-state index in [1.165, 1.54) is 5.56 Å². The molecule has 0 saturated heterocycles. The number of ether oxygens (including phenoxy) is 2. The van der Waals surface area contributed by atoms with E-state index in [9.17, 15) is 4.79 Å². The van der Waals surface area contributed by atoms with Crippen molar-refractivity contribution < 1.29 is 14.3 Å². The van der Waals surface area contributed by atoms with Crippen LogP contribution in [0.3, 0.4) is 0 Å². The first-order valence-electron chi connectivity index (χ1n) is 9.00. The Morgan fingerprint density at radius 3 is 2.82 bits per heavy atom. The van der Waals surface area contributed by atoms with Gasteiger partial charge in [0, 0.05) is 12.8 Å². The quantitative estimate of drug-likeness (QED) is 0.682. The van der Waals surface area contributed by atoms with Crippen LogP contribution in [-0.2, 0) is 17.6 Å². The van der Waals surface area contributed by atoms with Crippen LogP contribution in [0.15, 0.2) is 24.3 Å². The Morgan fingerprint density at radius 2 is 2.04 bits per heavy atom. The summed E-state index contributed by atoms with van der Waals surface area (Å²) < 4.78 is 12.3. The molecule has 0 radical (unpaired) electrons. The van der Waals surface area contributed by atoms with Crippen LogP contribution < -0.4 is 14.8 Å². The van der Waals surface area contributed by atoms with Crippen molar-refractivity contribution in [1.29, 1.82) is 0 Å². The highest BCUT2D eigenvalue weighted by Gasteiger charge is 2.26. The molecule has 1 atom stereocenters. The van der Waals surface area contributed by atoms with Gasteiger partial charge in [0.2, 0.25) is 5.91 Å². The fourth-order valence-electron chi connectivity index (χ4n) is 3.54. The Morgan fingerprint density at radius 1 is 1.25 bits per heavy atom. The second-order valence-corrected chi connectivity index (χ2v) is 6.99. The molecule has 1 unspecified atom stereocenters. The van der Waals surface area contributed by atoms with E-state index < -0.39 is 0 Å². The smallest absolute Gasteiger partial charge is 0.220 e. The molecule has 2 heterocycles. The van der Waals surface area contributed by atoms with E-state index in [0.717, 1.165) is 18.4 Å². The molecule has 1 aliphatic carbocycles. The number of aryl methyl sites for hydroxylation is 2. The molecule has 0 aliphatic heterocycles. The average Bonchev–Trinajstić information content (AvgIpc) is 3.28. The molecule has 0 fully saturated rings. The minimum absolute atomic E-state index is 0.0370. The van der Waals surface area contributed by atoms with Gasteiger partial charge >= 0.3 is 0 Å². The summed E-state index contributed by atoms with van der Waals surface area (Å²) in [6.45, 7) is 0. The predicted molar refractivity (Wildman–Crippen MR) is 103 cm³/mol. The molecular weight excluding hydrogens is 382 g/mol. The van der Waals surface area contributed by atoms with Gasteiger partial charge in [-0.1, -0.05) is 11.6 Å². The topological polar surface area (TPSA) is 90.6 Å². The van der Waals surface area contributed by atoms with Gasteiger partial charge in [-0.05, 0) is 48.2 Å². The van der Waals surface area contributed by atoms with Gasteiger partial charge in [0.15, 0.2) is 23.0 Å². The summed E-state index contributed by atoms with van der Waals surface area (Å²) in [5.74, 6) is 1.93. The summed E-state index contributed by atoms with van der Waals surface area (Å²) in [6.07, 6.45) is 2.44. The lowest BCUT2D eigenvalue weighted by Gasteiger charge is -2.16. The molecule has 0 bridgehead atoms. The number of aromatic nitrogens is 4. The lowest BCUT2D eigenvalue weighted by Crippen LogP contribution is -2.27. The number of amides is 1. The third-order valence-corrected chi connectivity index (χ3v) is 5.13. The summed E-state index contributed by atoms with van der Waals surface area (Å²) in [5.41, 5.74) is 2.85. The highest BCUT2D eigenvalue weighted by molar-refractivity contribution is 6.29. The number of fused-ring (bicyclic) bond motifs is 2. The third kappa shape index (κ3) is 3.47. The lowest BCUT2D eigenvalue weighted by atomic mass is 10.1. The minimum atomic E-state index is -0.0496. The first-order chi connectivity index (χ1) is 13.6. The van der Waals surface area contributed by atoms with Crippen molar-refractivity contribution in [1.82, 2.24) is 25.1 Å². The third-order valence-electron chi connectivity index (χ3n) is 4.93. The Bertz CT molecular complexity index is 1040. The van der Waals surface area contributed by atoms with Gasteiger partial charge in [-0.3, -0.25) is 4.79 Å². The maximum atomic E-state index is 12.5. The van der Waals surface area contributed by atoms with Gasteiger partial charge in [-0.25, -0.2) is 0 Å². The predicted octanol–water partition coefficient (Wildman–Crippen LogP) is 2.53. The summed E-state index contributed by atoms with van der Waals surface area (Å²) in [5, 5.41) is 15.8. The van der Waals surface area contributed by atoms with Crippen LogP contribution in [0.1, 0.15) is 35.8 Å². The number of rotatable bonds is 6. The van der Waals surface area contributed by atoms with Gasteiger partial charge in [0.05, 0.1) is 20.3 Å². The standard InChI is InChI=1S/C19H20ClN5O3/c1-27-14-9-11-3-4-13(12(11)10-15(14)28-2)21-19(26)8-7-18-23-22-17-6-5-16(20)24-25(17)18/h5-6,9-10,13H,3-4,7-8H2,1-2H3,(H,21,26). The molecule has 1 aliphatic rings. The van der Waals surface area contributed by atoms with E-state index in [1.54, 1.807) is 30.9 Å². The zero-order chi connectivity index (χ0) is 19.7. The van der Waals surface area contributed by atoms with E-state index in [-0.39, 0.29) is 18.4 Å². The number of hydrogen-bond acceptors (Lipinski definition) is 6. The van der Waals surface area contributed by atoms with Gasteiger partial charge in [-0.2, -0.15) is 9.61 Å². The number of halogens is 1. The molecule has 2 aromatic heterocycles. The normalized spacial score (nSPS) is 15.5. The maximum Gasteiger partial charge on any atom is 0.220 e. The Hall–Kier alpha value is -2.87. The van der Waals surface area contributed by atoms with Crippen molar-refractivity contribution in [2.75, 3.05) is 14.2 Å². The molecule has 146 valence electrons. The zero-order valence-electron chi connectivity index (χ0n) is 15.6. The molecule has 28 heavy (non-hydrogen) atoms. The highest BCUT2D eigenvalue weighted by atomic mass is 35.5. The second kappa shape index (κ2) is 7.63. The monoisotopic (exact) mass is 401 g/mol. The molecule has 4 rings (SSSR count). The van der Waals surface area contributed by atoms with Crippen molar-refractivity contribution in [3.05, 3.63) is 46.4 Å². The molecule has 9 heteroatoms. The van der Waals surface area contributed by atoms with E-state index in [1.807, 2.05) is 12.1 Å². The molecule has 8 nitrogen and oxygen atoms in total. The van der Waals surface area contributed by atoms with E-state index in [4.69, 9.17) is 21.1 Å². The molecule has 1 amide bonds. The Labute approximate surface area is 166 Å². The summed E-state index contributed by atoms with van der Waals surface area (Å²) in [4.78, 5) is 12.5. The molecule has 1 N–H and O–H groups in total. The van der Waals surface area contributed by atoms with Crippen molar-refractivity contribution in [2.24, 2.45) is 0 Å². The highest BCUT2D eigenvalue weighted by Crippen LogP contribution is 2.39. The first kappa shape index (κ1) is 18.5. The molecule has 0 spiro atoms. The van der Waals surface area contributed by atoms with Crippen LogP contribution in [0.2, 0.25) is 5.15 Å². The number of methoxy groups -OCH3 is 2. The van der Waals surface area contributed by atoms with Crippen molar-refractivity contribution in [3.8, 4) is 11.5 Å². The van der Waals surface area contributed by atoms with Gasteiger partial charge in [0.1, 0.15) is 5.15 Å². The van der Waals surface area contributed by atoms with Crippen LogP contribution in [0.25, 0.3) is 5.65 Å². The van der Waals surface area contributed by atoms with Gasteiger partial charge in [0.25, 0.3) is 0 Å². The fraction of sp³-hybridized carbons (Fsp3) is 0.368.